The lowest BCUT2D eigenvalue weighted by molar-refractivity contribution is -0.139. The molecule has 136 valence electrons. The van der Waals surface area contributed by atoms with Gasteiger partial charge in [-0.2, -0.15) is 13.2 Å². The summed E-state index contributed by atoms with van der Waals surface area (Å²) in [6.45, 7) is -0.0886. The van der Waals surface area contributed by atoms with E-state index in [2.05, 4.69) is 9.97 Å². The topological polar surface area (TPSA) is 49.0 Å². The van der Waals surface area contributed by atoms with Crippen LogP contribution >= 0.6 is 0 Å². The fourth-order valence-electron chi connectivity index (χ4n) is 2.82. The second-order valence-electron chi connectivity index (χ2n) is 6.11. The second kappa shape index (κ2) is 7.19. The van der Waals surface area contributed by atoms with Crippen LogP contribution in [0.25, 0.3) is 11.0 Å². The maximum atomic E-state index is 13.1. The molecule has 0 bridgehead atoms. The third kappa shape index (κ3) is 4.04. The van der Waals surface area contributed by atoms with Gasteiger partial charge in [0.15, 0.2) is 0 Å². The van der Waals surface area contributed by atoms with Gasteiger partial charge in [-0.1, -0.05) is 30.3 Å². The van der Waals surface area contributed by atoms with Crippen LogP contribution in [0.15, 0.2) is 48.5 Å². The van der Waals surface area contributed by atoms with E-state index in [1.807, 2.05) is 24.3 Å². The molecule has 0 aliphatic rings. The van der Waals surface area contributed by atoms with Gasteiger partial charge in [-0.05, 0) is 23.8 Å². The summed E-state index contributed by atoms with van der Waals surface area (Å²) in [6, 6.07) is 12.8. The van der Waals surface area contributed by atoms with Gasteiger partial charge < -0.3 is 9.88 Å². The fraction of sp³-hybridized carbons (Fsp3) is 0.263. The molecule has 1 aromatic heterocycles. The molecule has 0 atom stereocenters. The Bertz CT molecular complexity index is 885. The van der Waals surface area contributed by atoms with Gasteiger partial charge in [0.2, 0.25) is 5.91 Å². The Morgan fingerprint density at radius 3 is 2.54 bits per heavy atom. The van der Waals surface area contributed by atoms with Gasteiger partial charge in [0, 0.05) is 26.4 Å². The largest absolute Gasteiger partial charge is 0.416 e. The first-order chi connectivity index (χ1) is 12.3. The molecule has 1 N–H and O–H groups in total. The van der Waals surface area contributed by atoms with Gasteiger partial charge in [-0.25, -0.2) is 4.98 Å². The van der Waals surface area contributed by atoms with Crippen LogP contribution in [0.5, 0.6) is 0 Å². The molecule has 4 nitrogen and oxygen atoms in total. The van der Waals surface area contributed by atoms with Gasteiger partial charge in [0.1, 0.15) is 5.82 Å². The summed E-state index contributed by atoms with van der Waals surface area (Å²) >= 11 is 0. The van der Waals surface area contributed by atoms with Crippen LogP contribution in [-0.4, -0.2) is 27.8 Å². The lowest BCUT2D eigenvalue weighted by Crippen LogP contribution is -2.27. The summed E-state index contributed by atoms with van der Waals surface area (Å²) in [6.07, 6.45) is -3.86. The van der Waals surface area contributed by atoms with Crippen molar-refractivity contribution in [3.63, 3.8) is 0 Å². The number of rotatable bonds is 5. The number of amides is 1. The molecule has 0 saturated carbocycles. The molecule has 0 unspecified atom stereocenters. The number of aryl methyl sites for hydroxylation is 1. The zero-order valence-corrected chi connectivity index (χ0v) is 14.2. The number of para-hydroxylation sites is 2. The number of nitrogens with one attached hydrogen (secondary N) is 1. The van der Waals surface area contributed by atoms with E-state index in [4.69, 9.17) is 0 Å². The number of hydrogen-bond donors (Lipinski definition) is 1. The molecule has 7 heteroatoms. The molecular formula is C19H18F3N3O. The molecular weight excluding hydrogens is 343 g/mol. The zero-order chi connectivity index (χ0) is 18.7. The Labute approximate surface area is 148 Å². The zero-order valence-electron chi connectivity index (χ0n) is 14.2. The molecule has 0 radical (unpaired) electrons. The number of fused-ring (bicyclic) bond motifs is 1. The van der Waals surface area contributed by atoms with Crippen LogP contribution in [-0.2, 0) is 23.9 Å². The first-order valence-electron chi connectivity index (χ1n) is 8.17. The van der Waals surface area contributed by atoms with Crippen molar-refractivity contribution in [2.45, 2.75) is 25.6 Å². The van der Waals surface area contributed by atoms with E-state index in [0.29, 0.717) is 12.2 Å². The van der Waals surface area contributed by atoms with Crippen molar-refractivity contribution in [2.75, 3.05) is 7.05 Å². The average molecular weight is 361 g/mol. The predicted octanol–water partition coefficient (Wildman–Crippen LogP) is 4.17. The van der Waals surface area contributed by atoms with Crippen molar-refractivity contribution in [2.24, 2.45) is 0 Å². The second-order valence-corrected chi connectivity index (χ2v) is 6.11. The van der Waals surface area contributed by atoms with Crippen molar-refractivity contribution in [1.29, 1.82) is 0 Å². The van der Waals surface area contributed by atoms with Gasteiger partial charge >= 0.3 is 6.18 Å². The number of H-pyrrole nitrogens is 1. The lowest BCUT2D eigenvalue weighted by Gasteiger charge is -2.20. The number of alkyl halides is 3. The normalized spacial score (nSPS) is 11.7. The Kier molecular flexibility index (Phi) is 4.97. The molecule has 0 saturated heterocycles. The first-order valence-corrected chi connectivity index (χ1v) is 8.17. The number of hydrogen-bond acceptors (Lipinski definition) is 2. The Morgan fingerprint density at radius 1 is 1.12 bits per heavy atom. The molecule has 1 heterocycles. The van der Waals surface area contributed by atoms with Crippen LogP contribution in [0.3, 0.4) is 0 Å². The summed E-state index contributed by atoms with van der Waals surface area (Å²) < 4.78 is 39.2. The standard InChI is InChI=1S/C19H18F3N3O/c1-25(12-13-6-2-3-7-14(13)19(20,21)22)18(26)11-10-17-23-15-8-4-5-9-16(15)24-17/h2-9H,10-12H2,1H3,(H,23,24). The molecule has 1 amide bonds. The third-order valence-electron chi connectivity index (χ3n) is 4.17. The predicted molar refractivity (Wildman–Crippen MR) is 92.3 cm³/mol. The fourth-order valence-corrected chi connectivity index (χ4v) is 2.82. The Balaban J connectivity index is 1.63. The Hall–Kier alpha value is -2.83. The SMILES string of the molecule is CN(Cc1ccccc1C(F)(F)F)C(=O)CCc1nc2ccccc2[nH]1. The minimum Gasteiger partial charge on any atom is -0.342 e. The summed E-state index contributed by atoms with van der Waals surface area (Å²) in [5, 5.41) is 0. The summed E-state index contributed by atoms with van der Waals surface area (Å²) in [7, 11) is 1.51. The van der Waals surface area contributed by atoms with Crippen molar-refractivity contribution >= 4 is 16.9 Å². The number of aromatic amines is 1. The number of imidazole rings is 1. The van der Waals surface area contributed by atoms with Gasteiger partial charge in [0.25, 0.3) is 0 Å². The third-order valence-corrected chi connectivity index (χ3v) is 4.17. The molecule has 0 aliphatic carbocycles. The first kappa shape index (κ1) is 18.0. The average Bonchev–Trinajstić information content (AvgIpc) is 3.02. The Morgan fingerprint density at radius 2 is 1.81 bits per heavy atom. The lowest BCUT2D eigenvalue weighted by atomic mass is 10.1. The van der Waals surface area contributed by atoms with E-state index in [1.165, 1.54) is 30.1 Å². The van der Waals surface area contributed by atoms with Crippen LogP contribution in [0, 0.1) is 0 Å². The van der Waals surface area contributed by atoms with Crippen molar-refractivity contribution < 1.29 is 18.0 Å². The molecule has 0 spiro atoms. The van der Waals surface area contributed by atoms with E-state index in [-0.39, 0.29) is 24.4 Å². The number of nitrogens with zero attached hydrogens (tertiary/aromatic N) is 2. The van der Waals surface area contributed by atoms with Gasteiger partial charge in [-0.15, -0.1) is 0 Å². The summed E-state index contributed by atoms with van der Waals surface area (Å²) in [4.78, 5) is 21.1. The highest BCUT2D eigenvalue weighted by Gasteiger charge is 2.33. The van der Waals surface area contributed by atoms with E-state index in [0.717, 1.165) is 17.1 Å². The molecule has 2 aromatic carbocycles. The van der Waals surface area contributed by atoms with E-state index in [1.54, 1.807) is 0 Å². The van der Waals surface area contributed by atoms with Gasteiger partial charge in [-0.3, -0.25) is 4.79 Å². The summed E-state index contributed by atoms with van der Waals surface area (Å²) in [5.74, 6) is 0.450. The highest BCUT2D eigenvalue weighted by Crippen LogP contribution is 2.32. The number of carbonyl (C=O) groups is 1. The number of halogens is 3. The quantitative estimate of drug-likeness (QED) is 0.741. The van der Waals surface area contributed by atoms with Crippen LogP contribution in [0.2, 0.25) is 0 Å². The maximum Gasteiger partial charge on any atom is 0.416 e. The van der Waals surface area contributed by atoms with E-state index >= 15 is 0 Å². The van der Waals surface area contributed by atoms with Gasteiger partial charge in [0.05, 0.1) is 16.6 Å². The smallest absolute Gasteiger partial charge is 0.342 e. The van der Waals surface area contributed by atoms with Crippen molar-refractivity contribution in [1.82, 2.24) is 14.9 Å². The van der Waals surface area contributed by atoms with E-state index in [9.17, 15) is 18.0 Å². The van der Waals surface area contributed by atoms with Crippen LogP contribution in [0.4, 0.5) is 13.2 Å². The maximum absolute atomic E-state index is 13.1. The van der Waals surface area contributed by atoms with Crippen molar-refractivity contribution in [3.05, 3.63) is 65.5 Å². The molecule has 26 heavy (non-hydrogen) atoms. The minimum atomic E-state index is -4.44. The van der Waals surface area contributed by atoms with E-state index < -0.39 is 11.7 Å². The van der Waals surface area contributed by atoms with Crippen LogP contribution < -0.4 is 0 Å². The molecule has 3 aromatic rings. The number of aromatic nitrogens is 2. The minimum absolute atomic E-state index is 0.0830. The molecule has 0 aliphatic heterocycles. The monoisotopic (exact) mass is 361 g/mol. The highest BCUT2D eigenvalue weighted by atomic mass is 19.4. The summed E-state index contributed by atoms with van der Waals surface area (Å²) in [5.41, 5.74) is 1.08. The van der Waals surface area contributed by atoms with Crippen molar-refractivity contribution in [3.8, 4) is 0 Å². The number of carbonyl (C=O) groups excluding carboxylic acids is 1. The highest BCUT2D eigenvalue weighted by molar-refractivity contribution is 5.77. The number of benzene rings is 2. The molecule has 0 fully saturated rings. The molecule has 3 rings (SSSR count). The van der Waals surface area contributed by atoms with Crippen LogP contribution in [0.1, 0.15) is 23.4 Å².